The summed E-state index contributed by atoms with van der Waals surface area (Å²) in [5.41, 5.74) is 4.66. The van der Waals surface area contributed by atoms with Gasteiger partial charge in [-0.15, -0.1) is 0 Å². The highest BCUT2D eigenvalue weighted by atomic mass is 16.7. The quantitative estimate of drug-likeness (QED) is 0.586. The molecule has 1 aromatic rings. The first kappa shape index (κ1) is 16.5. The molecule has 0 aliphatic rings. The fraction of sp³-hybridized carbons (Fsp3) is 0.562. The molecule has 0 saturated carbocycles. The first-order valence-electron chi connectivity index (χ1n) is 7.24. The molecule has 0 aliphatic carbocycles. The molecule has 1 atom stereocenters. The van der Waals surface area contributed by atoms with Gasteiger partial charge in [0.15, 0.2) is 6.10 Å². The van der Waals surface area contributed by atoms with Gasteiger partial charge in [-0.2, -0.15) is 0 Å². The summed E-state index contributed by atoms with van der Waals surface area (Å²) in [4.78, 5) is 17.1. The Hall–Kier alpha value is -1.55. The van der Waals surface area contributed by atoms with Gasteiger partial charge in [-0.25, -0.2) is 5.48 Å². The second-order valence-electron chi connectivity index (χ2n) is 4.95. The Balaban J connectivity index is 2.55. The van der Waals surface area contributed by atoms with Crippen molar-refractivity contribution in [3.05, 3.63) is 29.3 Å². The summed E-state index contributed by atoms with van der Waals surface area (Å²) in [7, 11) is 0. The lowest BCUT2D eigenvalue weighted by molar-refractivity contribution is -0.141. The molecule has 1 amide bonds. The second kappa shape index (κ2) is 8.59. The van der Waals surface area contributed by atoms with E-state index in [4.69, 9.17) is 9.57 Å². The average molecular weight is 279 g/mol. The van der Waals surface area contributed by atoms with E-state index in [0.29, 0.717) is 13.0 Å². The molecule has 0 heterocycles. The van der Waals surface area contributed by atoms with Gasteiger partial charge in [0.05, 0.1) is 6.61 Å². The third-order valence-electron chi connectivity index (χ3n) is 3.04. The lowest BCUT2D eigenvalue weighted by atomic mass is 10.1. The number of hydroxylamine groups is 1. The lowest BCUT2D eigenvalue weighted by Gasteiger charge is -2.18. The van der Waals surface area contributed by atoms with Crippen molar-refractivity contribution in [2.75, 3.05) is 6.61 Å². The van der Waals surface area contributed by atoms with Crippen molar-refractivity contribution in [1.82, 2.24) is 5.48 Å². The van der Waals surface area contributed by atoms with Crippen molar-refractivity contribution in [2.45, 2.75) is 53.1 Å². The van der Waals surface area contributed by atoms with E-state index in [1.54, 1.807) is 0 Å². The van der Waals surface area contributed by atoms with Crippen LogP contribution in [0, 0.1) is 13.8 Å². The SMILES string of the molecule is CCCCONC(=O)C(CC)Oc1ccc(C)cc1C. The molecule has 0 saturated heterocycles. The molecule has 0 aromatic heterocycles. The van der Waals surface area contributed by atoms with Gasteiger partial charge in [0.1, 0.15) is 5.75 Å². The highest BCUT2D eigenvalue weighted by Crippen LogP contribution is 2.20. The molecule has 4 nitrogen and oxygen atoms in total. The van der Waals surface area contributed by atoms with Crippen LogP contribution in [0.15, 0.2) is 18.2 Å². The van der Waals surface area contributed by atoms with Gasteiger partial charge in [-0.05, 0) is 38.3 Å². The first-order valence-corrected chi connectivity index (χ1v) is 7.24. The maximum absolute atomic E-state index is 12.0. The van der Waals surface area contributed by atoms with Gasteiger partial charge in [0.2, 0.25) is 0 Å². The molecule has 112 valence electrons. The fourth-order valence-corrected chi connectivity index (χ4v) is 1.81. The first-order chi connectivity index (χ1) is 9.58. The minimum absolute atomic E-state index is 0.233. The maximum atomic E-state index is 12.0. The lowest BCUT2D eigenvalue weighted by Crippen LogP contribution is -2.38. The largest absolute Gasteiger partial charge is 0.480 e. The number of rotatable bonds is 8. The number of unbranched alkanes of at least 4 members (excludes halogenated alkanes) is 1. The van der Waals surface area contributed by atoms with Crippen LogP contribution in [0.2, 0.25) is 0 Å². The Bertz CT molecular complexity index is 432. The van der Waals surface area contributed by atoms with E-state index in [1.807, 2.05) is 39.0 Å². The molecule has 0 radical (unpaired) electrons. The van der Waals surface area contributed by atoms with E-state index in [0.717, 1.165) is 24.2 Å². The van der Waals surface area contributed by atoms with Gasteiger partial charge in [0, 0.05) is 0 Å². The van der Waals surface area contributed by atoms with Gasteiger partial charge >= 0.3 is 0 Å². The van der Waals surface area contributed by atoms with Crippen LogP contribution in [0.5, 0.6) is 5.75 Å². The molecule has 0 bridgehead atoms. The van der Waals surface area contributed by atoms with Gasteiger partial charge in [-0.3, -0.25) is 9.63 Å². The number of carbonyl (C=O) groups is 1. The van der Waals surface area contributed by atoms with Crippen LogP contribution in [0.1, 0.15) is 44.2 Å². The second-order valence-corrected chi connectivity index (χ2v) is 4.95. The van der Waals surface area contributed by atoms with E-state index in [9.17, 15) is 4.79 Å². The number of carbonyl (C=O) groups excluding carboxylic acids is 1. The number of benzene rings is 1. The van der Waals surface area contributed by atoms with E-state index in [1.165, 1.54) is 5.56 Å². The number of ether oxygens (including phenoxy) is 1. The van der Waals surface area contributed by atoms with Crippen LogP contribution >= 0.6 is 0 Å². The highest BCUT2D eigenvalue weighted by Gasteiger charge is 2.19. The molecule has 1 unspecified atom stereocenters. The zero-order valence-corrected chi connectivity index (χ0v) is 12.9. The molecule has 0 fully saturated rings. The van der Waals surface area contributed by atoms with Crippen LogP contribution in [-0.2, 0) is 9.63 Å². The molecule has 1 N–H and O–H groups in total. The third kappa shape index (κ3) is 5.21. The Morgan fingerprint density at radius 1 is 1.30 bits per heavy atom. The molecular formula is C16H25NO3. The van der Waals surface area contributed by atoms with Gasteiger partial charge in [-0.1, -0.05) is 38.0 Å². The van der Waals surface area contributed by atoms with E-state index in [2.05, 4.69) is 12.4 Å². The Morgan fingerprint density at radius 3 is 2.65 bits per heavy atom. The monoisotopic (exact) mass is 279 g/mol. The number of aryl methyl sites for hydroxylation is 2. The fourth-order valence-electron chi connectivity index (χ4n) is 1.81. The van der Waals surface area contributed by atoms with Crippen LogP contribution < -0.4 is 10.2 Å². The number of nitrogens with one attached hydrogen (secondary N) is 1. The van der Waals surface area contributed by atoms with E-state index in [-0.39, 0.29) is 5.91 Å². The smallest absolute Gasteiger partial charge is 0.284 e. The molecule has 20 heavy (non-hydrogen) atoms. The Labute approximate surface area is 121 Å². The number of hydrogen-bond acceptors (Lipinski definition) is 3. The van der Waals surface area contributed by atoms with Crippen molar-refractivity contribution in [2.24, 2.45) is 0 Å². The van der Waals surface area contributed by atoms with Crippen LogP contribution in [0.4, 0.5) is 0 Å². The Morgan fingerprint density at radius 2 is 2.05 bits per heavy atom. The topological polar surface area (TPSA) is 47.6 Å². The van der Waals surface area contributed by atoms with Crippen molar-refractivity contribution >= 4 is 5.91 Å². The summed E-state index contributed by atoms with van der Waals surface area (Å²) in [6, 6.07) is 5.92. The summed E-state index contributed by atoms with van der Waals surface area (Å²) in [5, 5.41) is 0. The molecule has 4 heteroatoms. The van der Waals surface area contributed by atoms with Crippen LogP contribution in [0.25, 0.3) is 0 Å². The number of hydrogen-bond donors (Lipinski definition) is 1. The predicted molar refractivity (Wildman–Crippen MR) is 79.6 cm³/mol. The Kier molecular flexibility index (Phi) is 7.09. The normalized spacial score (nSPS) is 12.0. The van der Waals surface area contributed by atoms with Crippen molar-refractivity contribution in [1.29, 1.82) is 0 Å². The third-order valence-corrected chi connectivity index (χ3v) is 3.04. The van der Waals surface area contributed by atoms with Gasteiger partial charge < -0.3 is 4.74 Å². The van der Waals surface area contributed by atoms with E-state index < -0.39 is 6.10 Å². The highest BCUT2D eigenvalue weighted by molar-refractivity contribution is 5.80. The standard InChI is InChI=1S/C16H25NO3/c1-5-7-10-19-17-16(18)14(6-2)20-15-9-8-12(3)11-13(15)4/h8-9,11,14H,5-7,10H2,1-4H3,(H,17,18). The van der Waals surface area contributed by atoms with Crippen molar-refractivity contribution in [3.63, 3.8) is 0 Å². The maximum Gasteiger partial charge on any atom is 0.284 e. The summed E-state index contributed by atoms with van der Waals surface area (Å²) < 4.78 is 5.78. The summed E-state index contributed by atoms with van der Waals surface area (Å²) >= 11 is 0. The zero-order valence-electron chi connectivity index (χ0n) is 12.9. The molecule has 1 aromatic carbocycles. The predicted octanol–water partition coefficient (Wildman–Crippen LogP) is 3.31. The average Bonchev–Trinajstić information content (AvgIpc) is 2.42. The van der Waals surface area contributed by atoms with E-state index >= 15 is 0 Å². The molecular weight excluding hydrogens is 254 g/mol. The van der Waals surface area contributed by atoms with Crippen LogP contribution in [0.3, 0.4) is 0 Å². The molecule has 1 rings (SSSR count). The minimum Gasteiger partial charge on any atom is -0.480 e. The van der Waals surface area contributed by atoms with Crippen molar-refractivity contribution in [3.8, 4) is 5.75 Å². The van der Waals surface area contributed by atoms with Gasteiger partial charge in [0.25, 0.3) is 5.91 Å². The van der Waals surface area contributed by atoms with Crippen molar-refractivity contribution < 1.29 is 14.4 Å². The summed E-state index contributed by atoms with van der Waals surface area (Å²) in [6.45, 7) is 8.53. The molecule has 0 aliphatic heterocycles. The molecule has 0 spiro atoms. The summed E-state index contributed by atoms with van der Waals surface area (Å²) in [5.74, 6) is 0.509. The summed E-state index contributed by atoms with van der Waals surface area (Å²) in [6.07, 6.45) is 2.02. The van der Waals surface area contributed by atoms with Crippen LogP contribution in [-0.4, -0.2) is 18.6 Å². The minimum atomic E-state index is -0.530. The number of amides is 1. The zero-order chi connectivity index (χ0) is 15.0.